The van der Waals surface area contributed by atoms with E-state index < -0.39 is 58.8 Å². The van der Waals surface area contributed by atoms with E-state index >= 15 is 0 Å². The molecule has 0 bridgehead atoms. The number of aromatic nitrogens is 1. The Bertz CT molecular complexity index is 1860. The molecule has 8 nitrogen and oxygen atoms in total. The maximum atomic E-state index is 14.0. The first-order valence-electron chi connectivity index (χ1n) is 12.8. The molecule has 4 aromatic rings. The Hall–Kier alpha value is -3.40. The van der Waals surface area contributed by atoms with Gasteiger partial charge >= 0.3 is 11.0 Å². The van der Waals surface area contributed by atoms with E-state index in [4.69, 9.17) is 4.74 Å². The number of nitrogens with zero attached hydrogens (tertiary/aromatic N) is 1. The number of para-hydroxylation sites is 1. The number of carbonyl (C=O) groups is 3. The van der Waals surface area contributed by atoms with E-state index in [0.29, 0.717) is 25.6 Å². The summed E-state index contributed by atoms with van der Waals surface area (Å²) in [5.41, 5.74) is -0.594. The number of alkyl halides is 3. The van der Waals surface area contributed by atoms with E-state index in [1.54, 1.807) is 42.5 Å². The van der Waals surface area contributed by atoms with Crippen molar-refractivity contribution in [2.75, 3.05) is 16.8 Å². The minimum atomic E-state index is -4.68. The first-order chi connectivity index (χ1) is 20.9. The van der Waals surface area contributed by atoms with E-state index in [1.807, 2.05) is 0 Å². The van der Waals surface area contributed by atoms with Gasteiger partial charge in [0, 0.05) is 25.3 Å². The molecule has 0 saturated carbocycles. The van der Waals surface area contributed by atoms with E-state index in [1.165, 1.54) is 12.1 Å². The van der Waals surface area contributed by atoms with Crippen LogP contribution in [0.15, 0.2) is 85.5 Å². The fourth-order valence-electron chi connectivity index (χ4n) is 5.26. The number of hydrogen-bond donors (Lipinski definition) is 2. The third kappa shape index (κ3) is 5.73. The lowest BCUT2D eigenvalue weighted by Crippen LogP contribution is -2.32. The molecule has 0 radical (unpaired) electrons. The third-order valence-electron chi connectivity index (χ3n) is 7.08. The van der Waals surface area contributed by atoms with Crippen molar-refractivity contribution in [1.29, 1.82) is 0 Å². The van der Waals surface area contributed by atoms with Gasteiger partial charge in [0.05, 0.1) is 27.9 Å². The van der Waals surface area contributed by atoms with Gasteiger partial charge in [0.1, 0.15) is 11.0 Å². The molecule has 2 unspecified atom stereocenters. The summed E-state index contributed by atoms with van der Waals surface area (Å²) in [6.45, 7) is -0.648. The van der Waals surface area contributed by atoms with Crippen LogP contribution in [0.4, 0.5) is 24.5 Å². The van der Waals surface area contributed by atoms with Gasteiger partial charge in [-0.15, -0.1) is 0 Å². The molecule has 3 atom stereocenters. The minimum Gasteiger partial charge on any atom is -0.483 e. The van der Waals surface area contributed by atoms with Crippen molar-refractivity contribution in [3.05, 3.63) is 101 Å². The predicted molar refractivity (Wildman–Crippen MR) is 166 cm³/mol. The second kappa shape index (κ2) is 11.8. The van der Waals surface area contributed by atoms with Crippen molar-refractivity contribution in [2.45, 2.75) is 22.4 Å². The number of thioether (sulfide) groups is 1. The van der Waals surface area contributed by atoms with Crippen LogP contribution in [-0.2, 0) is 20.6 Å². The summed E-state index contributed by atoms with van der Waals surface area (Å²) in [6, 6.07) is 16.2. The number of rotatable bonds is 6. The molecule has 6 rings (SSSR count). The van der Waals surface area contributed by atoms with Crippen molar-refractivity contribution in [3.63, 3.8) is 0 Å². The van der Waals surface area contributed by atoms with Gasteiger partial charge < -0.3 is 15.0 Å². The molecule has 3 heterocycles. The number of ether oxygens (including phenoxy) is 1. The highest BCUT2D eigenvalue weighted by Crippen LogP contribution is 2.54. The fraction of sp³-hybridized carbons (Fsp3) is 0.172. The number of thiazole rings is 1. The largest absolute Gasteiger partial charge is 0.483 e. The Kier molecular flexibility index (Phi) is 8.24. The van der Waals surface area contributed by atoms with Crippen molar-refractivity contribution < 1.29 is 32.3 Å². The minimum absolute atomic E-state index is 0.164. The fourth-order valence-corrected chi connectivity index (χ4v) is 8.41. The lowest BCUT2D eigenvalue weighted by molar-refractivity contribution is -0.137. The highest BCUT2D eigenvalue weighted by atomic mass is 79.9. The van der Waals surface area contributed by atoms with Crippen LogP contribution >= 0.6 is 55.0 Å². The SMILES string of the molecule is O=C(COc1ccc(Br)cc1[C@H]1c2sc(=O)[nH]c2SC2C(=O)N(c3ccc(Br)cc3)C(=O)C21)Nc1ccccc1C(F)(F)F. The second-order valence-corrected chi connectivity index (χ2v) is 13.8. The topological polar surface area (TPSA) is 109 Å². The van der Waals surface area contributed by atoms with Crippen molar-refractivity contribution in [3.8, 4) is 5.75 Å². The van der Waals surface area contributed by atoms with Crippen molar-refractivity contribution in [2.24, 2.45) is 5.92 Å². The van der Waals surface area contributed by atoms with Crippen LogP contribution in [0, 0.1) is 5.92 Å². The monoisotopic (exact) mass is 767 g/mol. The summed E-state index contributed by atoms with van der Waals surface area (Å²) in [4.78, 5) is 57.0. The Morgan fingerprint density at radius 1 is 0.977 bits per heavy atom. The molecule has 44 heavy (non-hydrogen) atoms. The highest BCUT2D eigenvalue weighted by Gasteiger charge is 2.57. The molecule has 1 saturated heterocycles. The molecular formula is C29H18Br2F3N3O5S2. The smallest absolute Gasteiger partial charge is 0.418 e. The van der Waals surface area contributed by atoms with Gasteiger partial charge in [0.25, 0.3) is 5.91 Å². The predicted octanol–water partition coefficient (Wildman–Crippen LogP) is 6.79. The maximum Gasteiger partial charge on any atom is 0.418 e. The number of benzene rings is 3. The molecule has 2 aliphatic rings. The van der Waals surface area contributed by atoms with E-state index in [0.717, 1.165) is 44.6 Å². The van der Waals surface area contributed by atoms with Gasteiger partial charge in [-0.05, 0) is 54.6 Å². The standard InChI is InChI=1S/C29H18Br2F3N3O5S2/c30-13-5-8-15(9-6-13)37-26(39)22-21(23-25(36-28(41)44-23)43-24(22)27(37)40)16-11-14(31)7-10-19(16)42-12-20(38)35-18-4-2-1-3-17(18)29(32,33)34/h1-11,21-22,24H,12H2,(H,35,38)(H,36,41)/t21-,22?,24?/m1/s1. The summed E-state index contributed by atoms with van der Waals surface area (Å²) in [5, 5.41) is 1.84. The first kappa shape index (κ1) is 30.6. The van der Waals surface area contributed by atoms with Gasteiger partial charge in [-0.2, -0.15) is 13.2 Å². The molecule has 2 aliphatic heterocycles. The number of hydrogen-bond acceptors (Lipinski definition) is 7. The molecule has 15 heteroatoms. The number of aromatic amines is 1. The first-order valence-corrected chi connectivity index (χ1v) is 16.1. The zero-order chi connectivity index (χ0) is 31.3. The Labute approximate surface area is 272 Å². The quantitative estimate of drug-likeness (QED) is 0.209. The summed E-state index contributed by atoms with van der Waals surface area (Å²) in [5.74, 6) is -3.29. The van der Waals surface area contributed by atoms with Crippen LogP contribution in [0.1, 0.15) is 21.9 Å². The lowest BCUT2D eigenvalue weighted by Gasteiger charge is -2.31. The zero-order valence-corrected chi connectivity index (χ0v) is 26.8. The highest BCUT2D eigenvalue weighted by molar-refractivity contribution is 9.10. The zero-order valence-electron chi connectivity index (χ0n) is 22.0. The normalized spacial score (nSPS) is 19.5. The van der Waals surface area contributed by atoms with Crippen LogP contribution < -0.4 is 19.8 Å². The number of fused-ring (bicyclic) bond motifs is 2. The number of imide groups is 1. The summed E-state index contributed by atoms with van der Waals surface area (Å²) in [7, 11) is 0. The number of halogens is 5. The maximum absolute atomic E-state index is 14.0. The Balaban J connectivity index is 1.34. The summed E-state index contributed by atoms with van der Waals surface area (Å²) < 4.78 is 47.5. The van der Waals surface area contributed by atoms with Crippen LogP contribution in [0.25, 0.3) is 0 Å². The molecule has 1 aromatic heterocycles. The van der Waals surface area contributed by atoms with Crippen LogP contribution in [0.5, 0.6) is 5.75 Å². The van der Waals surface area contributed by atoms with Gasteiger partial charge in [-0.25, -0.2) is 4.90 Å². The molecule has 226 valence electrons. The van der Waals surface area contributed by atoms with Crippen LogP contribution in [-0.4, -0.2) is 34.6 Å². The van der Waals surface area contributed by atoms with E-state index in [9.17, 15) is 32.3 Å². The summed E-state index contributed by atoms with van der Waals surface area (Å²) >= 11 is 8.82. The van der Waals surface area contributed by atoms with Gasteiger partial charge in [-0.3, -0.25) is 19.2 Å². The molecular weight excluding hydrogens is 751 g/mol. The van der Waals surface area contributed by atoms with Gasteiger partial charge in [0.2, 0.25) is 11.8 Å². The van der Waals surface area contributed by atoms with E-state index in [-0.39, 0.29) is 10.6 Å². The van der Waals surface area contributed by atoms with Crippen molar-refractivity contribution in [1.82, 2.24) is 4.98 Å². The number of H-pyrrole nitrogens is 1. The van der Waals surface area contributed by atoms with Crippen LogP contribution in [0.2, 0.25) is 0 Å². The molecule has 0 spiro atoms. The molecule has 2 N–H and O–H groups in total. The number of carbonyl (C=O) groups excluding carboxylic acids is 3. The molecule has 3 aromatic carbocycles. The van der Waals surface area contributed by atoms with Gasteiger partial charge in [0.15, 0.2) is 6.61 Å². The van der Waals surface area contributed by atoms with Gasteiger partial charge in [-0.1, -0.05) is 67.1 Å². The average Bonchev–Trinajstić information content (AvgIpc) is 3.46. The Morgan fingerprint density at radius 2 is 1.68 bits per heavy atom. The molecule has 0 aliphatic carbocycles. The van der Waals surface area contributed by atoms with Crippen molar-refractivity contribution >= 4 is 84.1 Å². The number of nitrogens with one attached hydrogen (secondary N) is 2. The van der Waals surface area contributed by atoms with E-state index in [2.05, 4.69) is 42.2 Å². The van der Waals surface area contributed by atoms with Crippen LogP contribution in [0.3, 0.4) is 0 Å². The average molecular weight is 769 g/mol. The summed E-state index contributed by atoms with van der Waals surface area (Å²) in [6.07, 6.45) is -4.68. The number of anilines is 2. The Morgan fingerprint density at radius 3 is 2.41 bits per heavy atom. The molecule has 3 amide bonds. The molecule has 1 fully saturated rings. The third-order valence-corrected chi connectivity index (χ3v) is 10.5. The lowest BCUT2D eigenvalue weighted by atomic mass is 9.82. The number of amides is 3. The second-order valence-electron chi connectivity index (χ2n) is 9.80.